The molecule has 0 bridgehead atoms. The van der Waals surface area contributed by atoms with Gasteiger partial charge in [-0.15, -0.1) is 0 Å². The largest absolute Gasteiger partial charge is 0.438 e. The standard InChI is InChI=1S/C18H23FN2O4/c1-17(24)18(10-3-2-4-11-18)25-16(23)21(17)12-9-15(22)20-14-7-5-13(19)6-8-14/h5-8,24H,2-4,9-12H2,1H3,(H,20,22). The predicted octanol–water partition coefficient (Wildman–Crippen LogP) is 3.02. The van der Waals surface area contributed by atoms with E-state index in [-0.39, 0.29) is 24.7 Å². The fourth-order valence-corrected chi connectivity index (χ4v) is 3.72. The quantitative estimate of drug-likeness (QED) is 0.875. The van der Waals surface area contributed by atoms with Crippen LogP contribution in [0.2, 0.25) is 0 Å². The number of hydrogen-bond donors (Lipinski definition) is 2. The number of halogens is 1. The minimum Gasteiger partial charge on any atom is -0.438 e. The van der Waals surface area contributed by atoms with Gasteiger partial charge in [-0.05, 0) is 56.9 Å². The first-order valence-corrected chi connectivity index (χ1v) is 8.62. The Morgan fingerprint density at radius 1 is 1.28 bits per heavy atom. The van der Waals surface area contributed by atoms with Gasteiger partial charge in [-0.3, -0.25) is 9.69 Å². The molecule has 1 saturated heterocycles. The number of nitrogens with one attached hydrogen (secondary N) is 1. The van der Waals surface area contributed by atoms with Crippen LogP contribution in [0, 0.1) is 5.82 Å². The average Bonchev–Trinajstić information content (AvgIpc) is 2.74. The molecule has 1 atom stereocenters. The van der Waals surface area contributed by atoms with Crippen LogP contribution in [0.3, 0.4) is 0 Å². The minimum absolute atomic E-state index is 0.0126. The third-order valence-corrected chi connectivity index (χ3v) is 5.24. The first kappa shape index (κ1) is 17.7. The van der Waals surface area contributed by atoms with E-state index >= 15 is 0 Å². The SMILES string of the molecule is CC1(O)N(CCC(=O)Nc2ccc(F)cc2)C(=O)OC12CCCCC2. The number of benzene rings is 1. The number of carbonyl (C=O) groups excluding carboxylic acids is 2. The van der Waals surface area contributed by atoms with Crippen molar-refractivity contribution in [3.63, 3.8) is 0 Å². The molecule has 2 fully saturated rings. The molecule has 1 aliphatic carbocycles. The molecular weight excluding hydrogens is 327 g/mol. The Kier molecular flexibility index (Phi) is 4.69. The number of nitrogens with zero attached hydrogens (tertiary/aromatic N) is 1. The lowest BCUT2D eigenvalue weighted by molar-refractivity contribution is -0.159. The number of amides is 2. The Morgan fingerprint density at radius 3 is 2.56 bits per heavy atom. The van der Waals surface area contributed by atoms with Crippen LogP contribution >= 0.6 is 0 Å². The number of hydrogen-bond acceptors (Lipinski definition) is 4. The Hall–Kier alpha value is -2.15. The van der Waals surface area contributed by atoms with E-state index in [1.165, 1.54) is 29.2 Å². The highest BCUT2D eigenvalue weighted by molar-refractivity contribution is 5.91. The van der Waals surface area contributed by atoms with Crippen molar-refractivity contribution >= 4 is 17.7 Å². The topological polar surface area (TPSA) is 78.9 Å². The van der Waals surface area contributed by atoms with Crippen LogP contribution in [0.15, 0.2) is 24.3 Å². The van der Waals surface area contributed by atoms with Crippen molar-refractivity contribution < 1.29 is 23.8 Å². The normalized spacial score (nSPS) is 25.1. The summed E-state index contributed by atoms with van der Waals surface area (Å²) in [4.78, 5) is 25.6. The van der Waals surface area contributed by atoms with Crippen molar-refractivity contribution in [1.82, 2.24) is 4.90 Å². The summed E-state index contributed by atoms with van der Waals surface area (Å²) in [7, 11) is 0. The van der Waals surface area contributed by atoms with E-state index < -0.39 is 17.4 Å². The second-order valence-corrected chi connectivity index (χ2v) is 6.90. The van der Waals surface area contributed by atoms with Crippen molar-refractivity contribution in [2.75, 3.05) is 11.9 Å². The number of rotatable bonds is 4. The first-order chi connectivity index (χ1) is 11.8. The molecular formula is C18H23FN2O4. The molecule has 1 saturated carbocycles. The summed E-state index contributed by atoms with van der Waals surface area (Å²) in [6.45, 7) is 1.64. The van der Waals surface area contributed by atoms with Crippen LogP contribution in [0.25, 0.3) is 0 Å². The molecule has 2 amide bonds. The highest BCUT2D eigenvalue weighted by Gasteiger charge is 2.61. The zero-order valence-corrected chi connectivity index (χ0v) is 14.3. The van der Waals surface area contributed by atoms with Gasteiger partial charge in [0.05, 0.1) is 0 Å². The lowest BCUT2D eigenvalue weighted by Gasteiger charge is -2.42. The maximum atomic E-state index is 12.9. The number of anilines is 1. The fraction of sp³-hybridized carbons (Fsp3) is 0.556. The van der Waals surface area contributed by atoms with E-state index in [9.17, 15) is 19.1 Å². The average molecular weight is 350 g/mol. The highest BCUT2D eigenvalue weighted by Crippen LogP contribution is 2.46. The molecule has 1 spiro atoms. The molecule has 1 aliphatic heterocycles. The van der Waals surface area contributed by atoms with Gasteiger partial charge in [-0.2, -0.15) is 0 Å². The molecule has 25 heavy (non-hydrogen) atoms. The van der Waals surface area contributed by atoms with E-state index in [1.807, 2.05) is 0 Å². The molecule has 6 nitrogen and oxygen atoms in total. The smallest absolute Gasteiger partial charge is 0.412 e. The number of carbonyl (C=O) groups is 2. The van der Waals surface area contributed by atoms with Crippen LogP contribution in [-0.2, 0) is 9.53 Å². The van der Waals surface area contributed by atoms with Crippen molar-refractivity contribution in [3.8, 4) is 0 Å². The molecule has 1 aromatic rings. The molecule has 0 radical (unpaired) electrons. The molecule has 0 aromatic heterocycles. The van der Waals surface area contributed by atoms with Gasteiger partial charge in [0.25, 0.3) is 0 Å². The highest BCUT2D eigenvalue weighted by atomic mass is 19.1. The Labute approximate surface area is 146 Å². The summed E-state index contributed by atoms with van der Waals surface area (Å²) < 4.78 is 18.4. The Balaban J connectivity index is 1.61. The fourth-order valence-electron chi connectivity index (χ4n) is 3.72. The summed E-state index contributed by atoms with van der Waals surface area (Å²) in [6, 6.07) is 5.44. The van der Waals surface area contributed by atoms with Crippen LogP contribution < -0.4 is 5.32 Å². The van der Waals surface area contributed by atoms with Gasteiger partial charge in [0, 0.05) is 18.7 Å². The van der Waals surface area contributed by atoms with Gasteiger partial charge in [0.15, 0.2) is 11.3 Å². The lowest BCUT2D eigenvalue weighted by atomic mass is 9.77. The van der Waals surface area contributed by atoms with Crippen LogP contribution in [-0.4, -0.2) is 39.9 Å². The maximum Gasteiger partial charge on any atom is 0.412 e. The van der Waals surface area contributed by atoms with Crippen LogP contribution in [0.5, 0.6) is 0 Å². The molecule has 1 heterocycles. The van der Waals surface area contributed by atoms with E-state index in [2.05, 4.69) is 5.32 Å². The van der Waals surface area contributed by atoms with Crippen LogP contribution in [0.4, 0.5) is 14.9 Å². The van der Waals surface area contributed by atoms with Crippen LogP contribution in [0.1, 0.15) is 45.4 Å². The van der Waals surface area contributed by atoms with Gasteiger partial charge >= 0.3 is 6.09 Å². The third-order valence-electron chi connectivity index (χ3n) is 5.24. The summed E-state index contributed by atoms with van der Waals surface area (Å²) in [5, 5.41) is 13.6. The maximum absolute atomic E-state index is 12.9. The summed E-state index contributed by atoms with van der Waals surface area (Å²) in [5.74, 6) is -0.702. The van der Waals surface area contributed by atoms with Crippen molar-refractivity contribution in [1.29, 1.82) is 0 Å². The van der Waals surface area contributed by atoms with Gasteiger partial charge < -0.3 is 15.2 Å². The summed E-state index contributed by atoms with van der Waals surface area (Å²) in [6.07, 6.45) is 3.56. The monoisotopic (exact) mass is 350 g/mol. The minimum atomic E-state index is -1.43. The third kappa shape index (κ3) is 3.33. The molecule has 1 aromatic carbocycles. The zero-order chi connectivity index (χ0) is 18.1. The molecule has 1 unspecified atom stereocenters. The van der Waals surface area contributed by atoms with Crippen molar-refractivity contribution in [2.24, 2.45) is 0 Å². The molecule has 3 rings (SSSR count). The van der Waals surface area contributed by atoms with E-state index in [4.69, 9.17) is 4.74 Å². The van der Waals surface area contributed by atoms with E-state index in [1.54, 1.807) is 6.92 Å². The Bertz CT molecular complexity index is 654. The second-order valence-electron chi connectivity index (χ2n) is 6.90. The number of ether oxygens (including phenoxy) is 1. The van der Waals surface area contributed by atoms with Crippen molar-refractivity contribution in [3.05, 3.63) is 30.1 Å². The second kappa shape index (κ2) is 6.63. The summed E-state index contributed by atoms with van der Waals surface area (Å²) in [5.41, 5.74) is -1.83. The predicted molar refractivity (Wildman–Crippen MR) is 89.3 cm³/mol. The molecule has 2 aliphatic rings. The summed E-state index contributed by atoms with van der Waals surface area (Å²) >= 11 is 0. The Morgan fingerprint density at radius 2 is 1.92 bits per heavy atom. The molecule has 136 valence electrons. The van der Waals surface area contributed by atoms with Crippen molar-refractivity contribution in [2.45, 2.75) is 56.8 Å². The molecule has 7 heteroatoms. The van der Waals surface area contributed by atoms with Gasteiger partial charge in [0.1, 0.15) is 5.82 Å². The lowest BCUT2D eigenvalue weighted by Crippen LogP contribution is -2.57. The van der Waals surface area contributed by atoms with E-state index in [0.717, 1.165) is 19.3 Å². The van der Waals surface area contributed by atoms with E-state index in [0.29, 0.717) is 18.5 Å². The number of aliphatic hydroxyl groups is 1. The van der Waals surface area contributed by atoms with Gasteiger partial charge in [-0.25, -0.2) is 9.18 Å². The zero-order valence-electron chi connectivity index (χ0n) is 14.3. The molecule has 2 N–H and O–H groups in total. The van der Waals surface area contributed by atoms with Gasteiger partial charge in [0.2, 0.25) is 5.91 Å². The van der Waals surface area contributed by atoms with Gasteiger partial charge in [-0.1, -0.05) is 6.42 Å². The first-order valence-electron chi connectivity index (χ1n) is 8.62.